The van der Waals surface area contributed by atoms with Gasteiger partial charge in [-0.2, -0.15) is 0 Å². The topological polar surface area (TPSA) is 184 Å². The molecule has 0 aliphatic carbocycles. The second-order valence-electron chi connectivity index (χ2n) is 14.4. The van der Waals surface area contributed by atoms with E-state index in [2.05, 4.69) is 0 Å². The van der Waals surface area contributed by atoms with Crippen LogP contribution in [0, 0.1) is 5.41 Å². The van der Waals surface area contributed by atoms with E-state index in [0.29, 0.717) is 5.75 Å². The van der Waals surface area contributed by atoms with E-state index < -0.39 is 56.7 Å². The summed E-state index contributed by atoms with van der Waals surface area (Å²) in [5.41, 5.74) is -5.24. The molecule has 0 N–H and O–H groups in total. The first-order chi connectivity index (χ1) is 25.3. The van der Waals surface area contributed by atoms with Gasteiger partial charge in [0.05, 0.1) is 32.7 Å². The van der Waals surface area contributed by atoms with Gasteiger partial charge in [-0.3, -0.25) is 24.0 Å². The molecule has 2 aromatic heterocycles. The molecule has 54 heavy (non-hydrogen) atoms. The third kappa shape index (κ3) is 7.61. The van der Waals surface area contributed by atoms with Crippen molar-refractivity contribution in [1.82, 2.24) is 0 Å². The zero-order valence-corrected chi connectivity index (χ0v) is 31.6. The average Bonchev–Trinajstić information content (AvgIpc) is 3.08. The first-order valence-corrected chi connectivity index (χ1v) is 16.7. The molecular weight excluding hydrogens is 704 g/mol. The number of esters is 2. The molecule has 0 saturated heterocycles. The fraction of sp³-hybridized carbons (Fsp3) is 0.350. The van der Waals surface area contributed by atoms with Crippen molar-refractivity contribution in [3.63, 3.8) is 0 Å². The number of fused-ring (bicyclic) bond motifs is 3. The van der Waals surface area contributed by atoms with Crippen molar-refractivity contribution < 1.29 is 56.4 Å². The van der Waals surface area contributed by atoms with Gasteiger partial charge in [-0.25, -0.2) is 4.79 Å². The molecule has 0 aliphatic rings. The summed E-state index contributed by atoms with van der Waals surface area (Å²) >= 11 is 0. The molecule has 14 heteroatoms. The predicted octanol–water partition coefficient (Wildman–Crippen LogP) is 7.00. The maximum Gasteiger partial charge on any atom is 0.343 e. The summed E-state index contributed by atoms with van der Waals surface area (Å²) < 4.78 is 44.7. The molecule has 0 aliphatic heterocycles. The zero-order valence-electron chi connectivity index (χ0n) is 31.6. The number of methoxy groups -OCH3 is 2. The summed E-state index contributed by atoms with van der Waals surface area (Å²) in [7, 11) is 2.80. The van der Waals surface area contributed by atoms with Gasteiger partial charge in [-0.15, -0.1) is 0 Å². The Morgan fingerprint density at radius 1 is 0.759 bits per heavy atom. The average molecular weight is 745 g/mol. The van der Waals surface area contributed by atoms with Gasteiger partial charge in [-0.1, -0.05) is 0 Å². The van der Waals surface area contributed by atoms with E-state index in [9.17, 15) is 28.8 Å². The van der Waals surface area contributed by atoms with Crippen LogP contribution in [0.5, 0.6) is 17.2 Å². The van der Waals surface area contributed by atoms with E-state index in [4.69, 9.17) is 37.3 Å². The minimum Gasteiger partial charge on any atom is -0.467 e. The number of ketones is 2. The molecule has 284 valence electrons. The number of carbonyl (C=O) groups is 4. The van der Waals surface area contributed by atoms with Crippen LogP contribution in [0.25, 0.3) is 44.0 Å². The Morgan fingerprint density at radius 2 is 1.43 bits per heavy atom. The van der Waals surface area contributed by atoms with E-state index in [1.807, 2.05) is 0 Å². The van der Waals surface area contributed by atoms with Gasteiger partial charge in [0.25, 0.3) is 0 Å². The lowest BCUT2D eigenvalue weighted by molar-refractivity contribution is -0.143. The van der Waals surface area contributed by atoms with Crippen LogP contribution in [0.15, 0.2) is 55.0 Å². The van der Waals surface area contributed by atoms with Crippen LogP contribution in [-0.4, -0.2) is 56.9 Å². The lowest BCUT2D eigenvalue weighted by Gasteiger charge is -2.24. The van der Waals surface area contributed by atoms with Gasteiger partial charge in [0.2, 0.25) is 10.9 Å². The summed E-state index contributed by atoms with van der Waals surface area (Å²) in [6.45, 7) is 11.6. The number of Topliss-reactive ketones (excluding diaryl/α,β-unsaturated/α-hetero) is 2. The molecule has 5 aromatic rings. The summed E-state index contributed by atoms with van der Waals surface area (Å²) in [5.74, 6) is -3.38. The van der Waals surface area contributed by atoms with Crippen LogP contribution in [0.4, 0.5) is 0 Å². The monoisotopic (exact) mass is 744 g/mol. The Kier molecular flexibility index (Phi) is 10.8. The molecule has 0 bridgehead atoms. The highest BCUT2D eigenvalue weighted by atomic mass is 16.7. The molecule has 0 amide bonds. The molecule has 3 aromatic carbocycles. The molecule has 0 saturated carbocycles. The van der Waals surface area contributed by atoms with Crippen molar-refractivity contribution >= 4 is 56.4 Å². The van der Waals surface area contributed by atoms with Crippen molar-refractivity contribution in [2.24, 2.45) is 5.41 Å². The smallest absolute Gasteiger partial charge is 0.343 e. The highest BCUT2D eigenvalue weighted by Crippen LogP contribution is 2.42. The van der Waals surface area contributed by atoms with Crippen molar-refractivity contribution in [3.8, 4) is 28.4 Å². The molecule has 14 nitrogen and oxygen atoms in total. The van der Waals surface area contributed by atoms with Crippen LogP contribution in [0.1, 0.15) is 86.5 Å². The minimum absolute atomic E-state index is 0.0443. The van der Waals surface area contributed by atoms with E-state index in [1.165, 1.54) is 58.4 Å². The maximum atomic E-state index is 14.7. The normalized spacial score (nSPS) is 11.9. The van der Waals surface area contributed by atoms with Crippen LogP contribution < -0.4 is 25.1 Å². The van der Waals surface area contributed by atoms with Gasteiger partial charge in [-0.05, 0) is 73.6 Å². The van der Waals surface area contributed by atoms with Crippen LogP contribution >= 0.6 is 0 Å². The van der Waals surface area contributed by atoms with Gasteiger partial charge >= 0.3 is 11.9 Å². The number of rotatable bonds is 11. The van der Waals surface area contributed by atoms with E-state index in [-0.39, 0.29) is 74.5 Å². The third-order valence-corrected chi connectivity index (χ3v) is 8.01. The summed E-state index contributed by atoms with van der Waals surface area (Å²) in [6, 6.07) is 6.88. The quantitative estimate of drug-likeness (QED) is 0.0443. The van der Waals surface area contributed by atoms with Gasteiger partial charge < -0.3 is 37.3 Å². The number of ether oxygens (including phenoxy) is 6. The molecule has 0 radical (unpaired) electrons. The standard InChI is InChI=1S/C40H40O14/c1-19(41)23-14-24-34(44)31-27(15-28(51-18-48-10)36(53-38(46)39(3,4)5)32(31)37(45)54-40(6,7)8)52-35(24)29(20(2)42)30(23)25-16-49-26-13-21(50-17-47-9)11-12-22(26)33(25)43/h11-16H,17-18H2,1-10H3. The lowest BCUT2D eigenvalue weighted by Crippen LogP contribution is -2.29. The Bertz CT molecular complexity index is 2470. The molecule has 0 fully saturated rings. The number of hydrogen-bond acceptors (Lipinski definition) is 14. The Morgan fingerprint density at radius 3 is 2.02 bits per heavy atom. The maximum absolute atomic E-state index is 14.7. The third-order valence-electron chi connectivity index (χ3n) is 8.01. The number of carbonyl (C=O) groups excluding carboxylic acids is 4. The van der Waals surface area contributed by atoms with Crippen molar-refractivity contribution in [3.05, 3.63) is 73.7 Å². The Balaban J connectivity index is 1.94. The number of hydrogen-bond donors (Lipinski definition) is 0. The fourth-order valence-electron chi connectivity index (χ4n) is 5.60. The van der Waals surface area contributed by atoms with Crippen molar-refractivity contribution in [2.75, 3.05) is 27.8 Å². The van der Waals surface area contributed by atoms with Crippen molar-refractivity contribution in [1.29, 1.82) is 0 Å². The Hall–Kier alpha value is -5.86. The van der Waals surface area contributed by atoms with Crippen LogP contribution in [0.2, 0.25) is 0 Å². The highest BCUT2D eigenvalue weighted by molar-refractivity contribution is 6.18. The number of benzene rings is 3. The van der Waals surface area contributed by atoms with Crippen LogP contribution in [0.3, 0.4) is 0 Å². The predicted molar refractivity (Wildman–Crippen MR) is 197 cm³/mol. The second-order valence-corrected chi connectivity index (χ2v) is 14.4. The minimum atomic E-state index is -1.08. The molecule has 0 atom stereocenters. The van der Waals surface area contributed by atoms with Crippen LogP contribution in [-0.2, 0) is 19.0 Å². The fourth-order valence-corrected chi connectivity index (χ4v) is 5.60. The molecule has 5 rings (SSSR count). The SMILES string of the molecule is COCOc1ccc2c(=O)c(-c3c(C(C)=O)cc4c(=O)c5c(C(=O)OC(C)(C)C)c(OC(=O)C(C)(C)C)c(OCOC)cc5oc4c3C(C)=O)coc2c1. The van der Waals surface area contributed by atoms with E-state index in [0.717, 1.165) is 6.26 Å². The lowest BCUT2D eigenvalue weighted by atomic mass is 9.88. The van der Waals surface area contributed by atoms with Crippen molar-refractivity contribution in [2.45, 2.75) is 61.0 Å². The molecule has 2 heterocycles. The van der Waals surface area contributed by atoms with Gasteiger partial charge in [0.1, 0.15) is 39.9 Å². The largest absolute Gasteiger partial charge is 0.467 e. The first-order valence-electron chi connectivity index (χ1n) is 16.7. The van der Waals surface area contributed by atoms with Gasteiger partial charge in [0.15, 0.2) is 36.7 Å². The first kappa shape index (κ1) is 39.3. The molecule has 0 unspecified atom stereocenters. The highest BCUT2D eigenvalue weighted by Gasteiger charge is 2.35. The summed E-state index contributed by atoms with van der Waals surface area (Å²) in [4.78, 5) is 82.9. The Labute approximate surface area is 308 Å². The molecule has 0 spiro atoms. The second kappa shape index (κ2) is 14.9. The molecular formula is C40H40O14. The van der Waals surface area contributed by atoms with Gasteiger partial charge in [0, 0.05) is 37.5 Å². The zero-order chi connectivity index (χ0) is 39.9. The summed E-state index contributed by atoms with van der Waals surface area (Å²) in [6.07, 6.45) is 1.11. The van der Waals surface area contributed by atoms with E-state index >= 15 is 0 Å². The summed E-state index contributed by atoms with van der Waals surface area (Å²) in [5, 5.41) is -0.553. The van der Waals surface area contributed by atoms with E-state index in [1.54, 1.807) is 41.5 Å².